The van der Waals surface area contributed by atoms with Gasteiger partial charge in [-0.3, -0.25) is 4.79 Å². The average Bonchev–Trinajstić information content (AvgIpc) is 2.46. The van der Waals surface area contributed by atoms with Gasteiger partial charge >= 0.3 is 5.97 Å². The number of rotatable bonds is 6. The molecule has 0 aromatic heterocycles. The summed E-state index contributed by atoms with van der Waals surface area (Å²) in [7, 11) is -1.03. The SMILES string of the molecule is COC(=O)CCCN(C)S(=O)(=O)c1ccc(Cl)c(C#N)c1. The fourth-order valence-corrected chi connectivity index (χ4v) is 2.99. The van der Waals surface area contributed by atoms with Crippen molar-refractivity contribution in [2.24, 2.45) is 0 Å². The first-order valence-corrected chi connectivity index (χ1v) is 7.87. The Balaban J connectivity index is 2.85. The van der Waals surface area contributed by atoms with Gasteiger partial charge in [0.25, 0.3) is 0 Å². The summed E-state index contributed by atoms with van der Waals surface area (Å²) in [6, 6.07) is 5.78. The minimum atomic E-state index is -3.72. The van der Waals surface area contributed by atoms with E-state index in [2.05, 4.69) is 4.74 Å². The number of benzene rings is 1. The van der Waals surface area contributed by atoms with E-state index < -0.39 is 10.0 Å². The zero-order chi connectivity index (χ0) is 16.0. The van der Waals surface area contributed by atoms with Crippen LogP contribution in [0.2, 0.25) is 5.02 Å². The van der Waals surface area contributed by atoms with Crippen LogP contribution >= 0.6 is 11.6 Å². The van der Waals surface area contributed by atoms with E-state index in [4.69, 9.17) is 16.9 Å². The Morgan fingerprint density at radius 2 is 2.14 bits per heavy atom. The molecule has 0 saturated heterocycles. The van der Waals surface area contributed by atoms with Gasteiger partial charge in [-0.05, 0) is 24.6 Å². The molecule has 0 fully saturated rings. The van der Waals surface area contributed by atoms with Crippen molar-refractivity contribution in [2.45, 2.75) is 17.7 Å². The first-order valence-electron chi connectivity index (χ1n) is 6.05. The van der Waals surface area contributed by atoms with Crippen LogP contribution in [0.15, 0.2) is 23.1 Å². The van der Waals surface area contributed by atoms with Crippen LogP contribution in [0.25, 0.3) is 0 Å². The van der Waals surface area contributed by atoms with Gasteiger partial charge in [-0.25, -0.2) is 12.7 Å². The average molecular weight is 331 g/mol. The molecule has 1 aromatic rings. The van der Waals surface area contributed by atoms with Crippen LogP contribution in [0.4, 0.5) is 0 Å². The van der Waals surface area contributed by atoms with Crippen LogP contribution in [0.5, 0.6) is 0 Å². The van der Waals surface area contributed by atoms with Crippen molar-refractivity contribution >= 4 is 27.6 Å². The number of carbonyl (C=O) groups is 1. The van der Waals surface area contributed by atoms with Gasteiger partial charge in [0.1, 0.15) is 6.07 Å². The van der Waals surface area contributed by atoms with Crippen LogP contribution in [0.1, 0.15) is 18.4 Å². The predicted octanol–water partition coefficient (Wildman–Crippen LogP) is 1.79. The molecule has 0 amide bonds. The third kappa shape index (κ3) is 4.43. The maximum absolute atomic E-state index is 12.3. The Hall–Kier alpha value is -1.62. The van der Waals surface area contributed by atoms with Crippen LogP contribution in [-0.4, -0.2) is 39.4 Å². The highest BCUT2D eigenvalue weighted by Crippen LogP contribution is 2.22. The van der Waals surface area contributed by atoms with Crippen molar-refractivity contribution in [3.05, 3.63) is 28.8 Å². The summed E-state index contributed by atoms with van der Waals surface area (Å²) < 4.78 is 30.2. The fourth-order valence-electron chi connectivity index (χ4n) is 1.60. The standard InChI is InChI=1S/C13H15ClN2O4S/c1-16(7-3-4-13(17)20-2)21(18,19)11-5-6-12(14)10(8-11)9-15/h5-6,8H,3-4,7H2,1-2H3. The highest BCUT2D eigenvalue weighted by molar-refractivity contribution is 7.89. The van der Waals surface area contributed by atoms with E-state index in [1.807, 2.05) is 6.07 Å². The van der Waals surface area contributed by atoms with Gasteiger partial charge in [0, 0.05) is 20.0 Å². The second-order valence-corrected chi connectivity index (χ2v) is 6.71. The molecule has 8 heteroatoms. The molecule has 0 atom stereocenters. The number of carbonyl (C=O) groups excluding carboxylic acids is 1. The Kier molecular flexibility index (Phi) is 6.15. The summed E-state index contributed by atoms with van der Waals surface area (Å²) in [6.07, 6.45) is 0.488. The van der Waals surface area contributed by atoms with Gasteiger partial charge in [0.15, 0.2) is 0 Å². The number of ether oxygens (including phenoxy) is 1. The van der Waals surface area contributed by atoms with Crippen molar-refractivity contribution in [3.63, 3.8) is 0 Å². The lowest BCUT2D eigenvalue weighted by Crippen LogP contribution is -2.28. The van der Waals surface area contributed by atoms with Crippen LogP contribution in [-0.2, 0) is 19.6 Å². The lowest BCUT2D eigenvalue weighted by molar-refractivity contribution is -0.140. The molecule has 1 aromatic carbocycles. The van der Waals surface area contributed by atoms with E-state index >= 15 is 0 Å². The van der Waals surface area contributed by atoms with Crippen molar-refractivity contribution < 1.29 is 17.9 Å². The van der Waals surface area contributed by atoms with E-state index in [0.717, 1.165) is 4.31 Å². The molecular formula is C13H15ClN2O4S. The molecule has 0 aliphatic carbocycles. The third-order valence-electron chi connectivity index (χ3n) is 2.85. The maximum Gasteiger partial charge on any atom is 0.305 e. The summed E-state index contributed by atoms with van der Waals surface area (Å²) >= 11 is 5.78. The first kappa shape index (κ1) is 17.4. The molecule has 0 N–H and O–H groups in total. The van der Waals surface area contributed by atoms with Gasteiger partial charge in [-0.1, -0.05) is 11.6 Å². The van der Waals surface area contributed by atoms with Crippen LogP contribution in [0, 0.1) is 11.3 Å². The Morgan fingerprint density at radius 1 is 1.48 bits per heavy atom. The number of nitrogens with zero attached hydrogens (tertiary/aromatic N) is 2. The lowest BCUT2D eigenvalue weighted by atomic mass is 10.2. The zero-order valence-electron chi connectivity index (χ0n) is 11.7. The van der Waals surface area contributed by atoms with E-state index in [-0.39, 0.29) is 34.4 Å². The molecule has 21 heavy (non-hydrogen) atoms. The number of sulfonamides is 1. The monoisotopic (exact) mass is 330 g/mol. The van der Waals surface area contributed by atoms with Gasteiger partial charge in [0.05, 0.1) is 22.6 Å². The van der Waals surface area contributed by atoms with E-state index in [1.165, 1.54) is 32.4 Å². The third-order valence-corrected chi connectivity index (χ3v) is 5.03. The molecule has 1 rings (SSSR count). The van der Waals surface area contributed by atoms with Gasteiger partial charge in [-0.2, -0.15) is 5.26 Å². The summed E-state index contributed by atoms with van der Waals surface area (Å²) in [6.45, 7) is 0.169. The Labute approximate surface area is 128 Å². The smallest absolute Gasteiger partial charge is 0.305 e. The molecule has 0 aliphatic heterocycles. The molecule has 0 unspecified atom stereocenters. The molecule has 0 saturated carbocycles. The number of hydrogen-bond acceptors (Lipinski definition) is 5. The molecule has 0 heterocycles. The van der Waals surface area contributed by atoms with E-state index in [1.54, 1.807) is 0 Å². The highest BCUT2D eigenvalue weighted by Gasteiger charge is 2.21. The number of hydrogen-bond donors (Lipinski definition) is 0. The maximum atomic E-state index is 12.3. The minimum Gasteiger partial charge on any atom is -0.469 e. The van der Waals surface area contributed by atoms with Gasteiger partial charge in [-0.15, -0.1) is 0 Å². The van der Waals surface area contributed by atoms with Crippen molar-refractivity contribution in [1.29, 1.82) is 5.26 Å². The van der Waals surface area contributed by atoms with Crippen molar-refractivity contribution in [3.8, 4) is 6.07 Å². The second-order valence-electron chi connectivity index (χ2n) is 4.26. The molecular weight excluding hydrogens is 316 g/mol. The minimum absolute atomic E-state index is 0.0102. The van der Waals surface area contributed by atoms with Gasteiger partial charge < -0.3 is 4.74 Å². The molecule has 0 aliphatic rings. The second kappa shape index (κ2) is 7.41. The quantitative estimate of drug-likeness (QED) is 0.742. The predicted molar refractivity (Wildman–Crippen MR) is 77.2 cm³/mol. The zero-order valence-corrected chi connectivity index (χ0v) is 13.2. The van der Waals surface area contributed by atoms with Crippen LogP contribution < -0.4 is 0 Å². The van der Waals surface area contributed by atoms with Gasteiger partial charge in [0.2, 0.25) is 10.0 Å². The summed E-state index contributed by atoms with van der Waals surface area (Å²) in [4.78, 5) is 11.0. The van der Waals surface area contributed by atoms with Crippen molar-refractivity contribution in [2.75, 3.05) is 20.7 Å². The topological polar surface area (TPSA) is 87.5 Å². The molecule has 0 bridgehead atoms. The van der Waals surface area contributed by atoms with E-state index in [0.29, 0.717) is 6.42 Å². The van der Waals surface area contributed by atoms with E-state index in [9.17, 15) is 13.2 Å². The Bertz CT molecular complexity index is 667. The summed E-state index contributed by atoms with van der Waals surface area (Å²) in [5.74, 6) is -0.390. The number of esters is 1. The largest absolute Gasteiger partial charge is 0.469 e. The normalized spacial score (nSPS) is 11.2. The molecule has 0 radical (unpaired) electrons. The lowest BCUT2D eigenvalue weighted by Gasteiger charge is -2.17. The molecule has 114 valence electrons. The summed E-state index contributed by atoms with van der Waals surface area (Å²) in [5.41, 5.74) is 0.0979. The number of nitriles is 1. The number of methoxy groups -OCH3 is 1. The summed E-state index contributed by atoms with van der Waals surface area (Å²) in [5, 5.41) is 9.08. The van der Waals surface area contributed by atoms with Crippen molar-refractivity contribution in [1.82, 2.24) is 4.31 Å². The Morgan fingerprint density at radius 3 is 2.71 bits per heavy atom. The molecule has 0 spiro atoms. The first-order chi connectivity index (χ1) is 9.82. The van der Waals surface area contributed by atoms with Crippen LogP contribution in [0.3, 0.4) is 0 Å². The highest BCUT2D eigenvalue weighted by atomic mass is 35.5. The fraction of sp³-hybridized carbons (Fsp3) is 0.385. The number of halogens is 1. The molecule has 6 nitrogen and oxygen atoms in total.